The summed E-state index contributed by atoms with van der Waals surface area (Å²) < 4.78 is 15.4. The molecule has 1 aliphatic rings. The highest BCUT2D eigenvalue weighted by Gasteiger charge is 2.22. The van der Waals surface area contributed by atoms with Gasteiger partial charge < -0.3 is 24.7 Å². The summed E-state index contributed by atoms with van der Waals surface area (Å²) in [4.78, 5) is 21.4. The van der Waals surface area contributed by atoms with E-state index in [0.29, 0.717) is 37.2 Å². The van der Waals surface area contributed by atoms with Crippen LogP contribution in [-0.2, 0) is 11.8 Å². The third-order valence-electron chi connectivity index (χ3n) is 5.07. The predicted molar refractivity (Wildman–Crippen MR) is 121 cm³/mol. The van der Waals surface area contributed by atoms with Gasteiger partial charge in [0.15, 0.2) is 0 Å². The maximum atomic E-state index is 12.1. The molecule has 5 heterocycles. The molecule has 11 heteroatoms. The molecule has 0 radical (unpaired) electrons. The standard InChI is InChI=1S/C21H23N7O3S/c1-3-22-19(29)13-8-17(32-12-13)25-21-24-16-4-6-28(14-9-23-27(2)10-14)18(16)20(26-21)31-15-5-7-30-11-15/h4,6,8-10,12,15H,3,5,7,11H2,1-2H3,(H,22,29)(H,24,25,26). The minimum atomic E-state index is -0.105. The first-order chi connectivity index (χ1) is 15.6. The van der Waals surface area contributed by atoms with Crippen molar-refractivity contribution in [2.24, 2.45) is 7.05 Å². The van der Waals surface area contributed by atoms with Crippen molar-refractivity contribution in [2.45, 2.75) is 19.4 Å². The lowest BCUT2D eigenvalue weighted by atomic mass is 10.3. The molecule has 1 atom stereocenters. The molecule has 1 amide bonds. The smallest absolute Gasteiger partial charge is 0.252 e. The first-order valence-electron chi connectivity index (χ1n) is 10.4. The molecule has 1 fully saturated rings. The van der Waals surface area contributed by atoms with Crippen molar-refractivity contribution >= 4 is 39.2 Å². The predicted octanol–water partition coefficient (Wildman–Crippen LogP) is 2.88. The van der Waals surface area contributed by atoms with Crippen LogP contribution in [0.25, 0.3) is 16.7 Å². The van der Waals surface area contributed by atoms with Gasteiger partial charge in [-0.15, -0.1) is 11.3 Å². The quantitative estimate of drug-likeness (QED) is 0.443. The zero-order valence-electron chi connectivity index (χ0n) is 17.7. The molecule has 10 nitrogen and oxygen atoms in total. The number of aryl methyl sites for hydroxylation is 1. The number of anilines is 2. The monoisotopic (exact) mass is 453 g/mol. The van der Waals surface area contributed by atoms with Crippen LogP contribution in [0.4, 0.5) is 10.9 Å². The van der Waals surface area contributed by atoms with Gasteiger partial charge in [0.1, 0.15) is 11.6 Å². The Balaban J connectivity index is 1.51. The first-order valence-corrected chi connectivity index (χ1v) is 11.2. The van der Waals surface area contributed by atoms with Gasteiger partial charge in [-0.25, -0.2) is 4.98 Å². The van der Waals surface area contributed by atoms with Crippen LogP contribution in [-0.4, -0.2) is 56.1 Å². The van der Waals surface area contributed by atoms with Crippen molar-refractivity contribution in [1.82, 2.24) is 29.6 Å². The summed E-state index contributed by atoms with van der Waals surface area (Å²) in [6.07, 6.45) is 6.37. The average molecular weight is 454 g/mol. The van der Waals surface area contributed by atoms with Gasteiger partial charge in [0.25, 0.3) is 5.91 Å². The second-order valence-electron chi connectivity index (χ2n) is 7.43. The Kier molecular flexibility index (Phi) is 5.50. The normalized spacial score (nSPS) is 15.9. The van der Waals surface area contributed by atoms with Crippen molar-refractivity contribution < 1.29 is 14.3 Å². The Bertz CT molecular complexity index is 1260. The van der Waals surface area contributed by atoms with Crippen LogP contribution < -0.4 is 15.4 Å². The molecule has 1 saturated heterocycles. The van der Waals surface area contributed by atoms with Gasteiger partial charge in [-0.3, -0.25) is 9.48 Å². The highest BCUT2D eigenvalue weighted by molar-refractivity contribution is 7.14. The minimum Gasteiger partial charge on any atom is -0.470 e. The molecule has 1 unspecified atom stereocenters. The number of hydrogen-bond donors (Lipinski definition) is 2. The lowest BCUT2D eigenvalue weighted by molar-refractivity contribution is 0.0956. The van der Waals surface area contributed by atoms with Gasteiger partial charge in [-0.1, -0.05) is 0 Å². The number of amides is 1. The second kappa shape index (κ2) is 8.60. The molecule has 0 aliphatic carbocycles. The maximum Gasteiger partial charge on any atom is 0.252 e. The molecular weight excluding hydrogens is 430 g/mol. The van der Waals surface area contributed by atoms with Crippen molar-refractivity contribution in [1.29, 1.82) is 0 Å². The Morgan fingerprint density at radius 1 is 1.41 bits per heavy atom. The first kappa shape index (κ1) is 20.5. The minimum absolute atomic E-state index is 0.0655. The Labute approximate surface area is 188 Å². The van der Waals surface area contributed by atoms with Crippen LogP contribution in [0.2, 0.25) is 0 Å². The number of hydrogen-bond acceptors (Lipinski definition) is 8. The van der Waals surface area contributed by atoms with E-state index < -0.39 is 0 Å². The number of aromatic nitrogens is 5. The molecule has 2 N–H and O–H groups in total. The maximum absolute atomic E-state index is 12.1. The van der Waals surface area contributed by atoms with Crippen LogP contribution in [0.5, 0.6) is 5.88 Å². The van der Waals surface area contributed by atoms with E-state index in [0.717, 1.165) is 28.1 Å². The largest absolute Gasteiger partial charge is 0.470 e. The molecule has 0 bridgehead atoms. The third-order valence-corrected chi connectivity index (χ3v) is 5.92. The molecular formula is C21H23N7O3S. The Morgan fingerprint density at radius 2 is 2.31 bits per heavy atom. The van der Waals surface area contributed by atoms with Crippen LogP contribution in [0, 0.1) is 0 Å². The van der Waals surface area contributed by atoms with Crippen molar-refractivity contribution in [3.8, 4) is 11.6 Å². The number of carbonyl (C=O) groups is 1. The zero-order valence-corrected chi connectivity index (χ0v) is 18.6. The van der Waals surface area contributed by atoms with Crippen LogP contribution in [0.15, 0.2) is 36.1 Å². The van der Waals surface area contributed by atoms with Gasteiger partial charge >= 0.3 is 0 Å². The third kappa shape index (κ3) is 4.04. The van der Waals surface area contributed by atoms with E-state index in [1.165, 1.54) is 11.3 Å². The number of nitrogens with one attached hydrogen (secondary N) is 2. The van der Waals surface area contributed by atoms with Crippen molar-refractivity contribution in [3.63, 3.8) is 0 Å². The zero-order chi connectivity index (χ0) is 22.1. The topological polar surface area (TPSA) is 108 Å². The average Bonchev–Trinajstić information content (AvgIpc) is 3.55. The summed E-state index contributed by atoms with van der Waals surface area (Å²) >= 11 is 1.42. The number of rotatable bonds is 7. The van der Waals surface area contributed by atoms with E-state index in [9.17, 15) is 4.79 Å². The van der Waals surface area contributed by atoms with Gasteiger partial charge in [0.2, 0.25) is 11.8 Å². The lowest BCUT2D eigenvalue weighted by Crippen LogP contribution is -2.21. The Morgan fingerprint density at radius 3 is 3.06 bits per heavy atom. The molecule has 166 valence electrons. The van der Waals surface area contributed by atoms with Crippen LogP contribution in [0.3, 0.4) is 0 Å². The molecule has 4 aromatic rings. The lowest BCUT2D eigenvalue weighted by Gasteiger charge is -2.14. The van der Waals surface area contributed by atoms with E-state index >= 15 is 0 Å². The number of fused-ring (bicyclic) bond motifs is 1. The molecule has 0 aromatic carbocycles. The van der Waals surface area contributed by atoms with Crippen molar-refractivity contribution in [2.75, 3.05) is 25.1 Å². The fraction of sp³-hybridized carbons (Fsp3) is 0.333. The Hall–Kier alpha value is -3.44. The van der Waals surface area contributed by atoms with Crippen LogP contribution in [0.1, 0.15) is 23.7 Å². The number of thiophene rings is 1. The van der Waals surface area contributed by atoms with Gasteiger partial charge in [0.05, 0.1) is 41.2 Å². The van der Waals surface area contributed by atoms with E-state index in [2.05, 4.69) is 25.7 Å². The van der Waals surface area contributed by atoms with Gasteiger partial charge in [-0.2, -0.15) is 10.1 Å². The fourth-order valence-corrected chi connectivity index (χ4v) is 4.33. The number of carbonyl (C=O) groups excluding carboxylic acids is 1. The van der Waals surface area contributed by atoms with Gasteiger partial charge in [-0.05, 0) is 19.1 Å². The number of ether oxygens (including phenoxy) is 2. The molecule has 32 heavy (non-hydrogen) atoms. The highest BCUT2D eigenvalue weighted by atomic mass is 32.1. The van der Waals surface area contributed by atoms with Gasteiger partial charge in [0, 0.05) is 37.8 Å². The van der Waals surface area contributed by atoms with E-state index in [4.69, 9.17) is 9.47 Å². The van der Waals surface area contributed by atoms with E-state index in [-0.39, 0.29) is 12.0 Å². The highest BCUT2D eigenvalue weighted by Crippen LogP contribution is 2.31. The molecule has 0 saturated carbocycles. The second-order valence-corrected chi connectivity index (χ2v) is 8.34. The summed E-state index contributed by atoms with van der Waals surface area (Å²) in [7, 11) is 1.87. The van der Waals surface area contributed by atoms with Crippen molar-refractivity contribution in [3.05, 3.63) is 41.7 Å². The summed E-state index contributed by atoms with van der Waals surface area (Å²) in [6.45, 7) is 3.67. The molecule has 0 spiro atoms. The number of nitrogens with zero attached hydrogens (tertiary/aromatic N) is 5. The SMILES string of the molecule is CCNC(=O)c1csc(Nc2nc(OC3CCOC3)c3c(ccn3-c3cnn(C)c3)n2)c1. The fourth-order valence-electron chi connectivity index (χ4n) is 3.56. The molecule has 1 aliphatic heterocycles. The molecule has 5 rings (SSSR count). The van der Waals surface area contributed by atoms with Crippen LogP contribution >= 0.6 is 11.3 Å². The van der Waals surface area contributed by atoms with E-state index in [1.807, 2.05) is 37.0 Å². The molecule has 4 aromatic heterocycles. The summed E-state index contributed by atoms with van der Waals surface area (Å²) in [5.41, 5.74) is 3.00. The summed E-state index contributed by atoms with van der Waals surface area (Å²) in [5, 5.41) is 12.9. The van der Waals surface area contributed by atoms with E-state index in [1.54, 1.807) is 22.3 Å². The summed E-state index contributed by atoms with van der Waals surface area (Å²) in [5.74, 6) is 0.772. The summed E-state index contributed by atoms with van der Waals surface area (Å²) in [6, 6.07) is 3.71.